The number of anilines is 1. The van der Waals surface area contributed by atoms with Crippen LogP contribution in [0.4, 0.5) is 5.69 Å². The molecule has 0 aliphatic rings. The second-order valence-corrected chi connectivity index (χ2v) is 5.41. The van der Waals surface area contributed by atoms with E-state index in [2.05, 4.69) is 50.0 Å². The first kappa shape index (κ1) is 16.7. The Bertz CT molecular complexity index is 441. The first-order chi connectivity index (χ1) is 9.44. The van der Waals surface area contributed by atoms with Crippen LogP contribution in [0, 0.1) is 20.8 Å². The minimum Gasteiger partial charge on any atom is -0.324 e. The van der Waals surface area contributed by atoms with Crippen molar-refractivity contribution in [3.05, 3.63) is 28.8 Å². The molecule has 0 saturated heterocycles. The molecule has 3 heteroatoms. The number of nitrogens with one attached hydrogen (secondary N) is 1. The standard InChI is InChI=1S/C17H28N2O/c1-7-15(19(8-2)9-3)17(20)18-16-13(5)10-12(4)11-14(16)6/h10-11,15H,7-9H2,1-6H3,(H,18,20). The van der Waals surface area contributed by atoms with Crippen LogP contribution >= 0.6 is 0 Å². The molecule has 1 N–H and O–H groups in total. The quantitative estimate of drug-likeness (QED) is 0.859. The van der Waals surface area contributed by atoms with E-state index in [9.17, 15) is 4.79 Å². The van der Waals surface area contributed by atoms with Crippen molar-refractivity contribution < 1.29 is 4.79 Å². The normalized spacial score (nSPS) is 12.6. The van der Waals surface area contributed by atoms with Gasteiger partial charge in [0.2, 0.25) is 5.91 Å². The van der Waals surface area contributed by atoms with Gasteiger partial charge < -0.3 is 5.32 Å². The molecule has 3 nitrogen and oxygen atoms in total. The Morgan fingerprint density at radius 1 is 1.10 bits per heavy atom. The highest BCUT2D eigenvalue weighted by atomic mass is 16.2. The van der Waals surface area contributed by atoms with Gasteiger partial charge in [0, 0.05) is 5.69 Å². The van der Waals surface area contributed by atoms with Crippen LogP contribution < -0.4 is 5.32 Å². The van der Waals surface area contributed by atoms with Crippen molar-refractivity contribution in [1.29, 1.82) is 0 Å². The van der Waals surface area contributed by atoms with Gasteiger partial charge in [0.15, 0.2) is 0 Å². The molecule has 0 aromatic heterocycles. The molecule has 20 heavy (non-hydrogen) atoms. The number of nitrogens with zero attached hydrogens (tertiary/aromatic N) is 1. The largest absolute Gasteiger partial charge is 0.324 e. The van der Waals surface area contributed by atoms with Gasteiger partial charge in [0.05, 0.1) is 6.04 Å². The number of carbonyl (C=O) groups is 1. The molecule has 1 unspecified atom stereocenters. The van der Waals surface area contributed by atoms with Gasteiger partial charge in [0.1, 0.15) is 0 Å². The summed E-state index contributed by atoms with van der Waals surface area (Å²) < 4.78 is 0. The van der Waals surface area contributed by atoms with E-state index in [1.54, 1.807) is 0 Å². The van der Waals surface area contributed by atoms with Crippen molar-refractivity contribution in [3.8, 4) is 0 Å². The summed E-state index contributed by atoms with van der Waals surface area (Å²) in [6, 6.07) is 4.17. The smallest absolute Gasteiger partial charge is 0.241 e. The van der Waals surface area contributed by atoms with Gasteiger partial charge in [-0.25, -0.2) is 0 Å². The van der Waals surface area contributed by atoms with Gasteiger partial charge in [0.25, 0.3) is 0 Å². The maximum Gasteiger partial charge on any atom is 0.241 e. The molecule has 0 aliphatic heterocycles. The van der Waals surface area contributed by atoms with Crippen molar-refractivity contribution in [1.82, 2.24) is 4.90 Å². The van der Waals surface area contributed by atoms with Crippen LogP contribution in [0.25, 0.3) is 0 Å². The van der Waals surface area contributed by atoms with Crippen molar-refractivity contribution in [2.75, 3.05) is 18.4 Å². The second-order valence-electron chi connectivity index (χ2n) is 5.41. The van der Waals surface area contributed by atoms with E-state index >= 15 is 0 Å². The summed E-state index contributed by atoms with van der Waals surface area (Å²) in [6.07, 6.45) is 0.831. The van der Waals surface area contributed by atoms with Crippen LogP contribution in [-0.4, -0.2) is 29.9 Å². The molecule has 1 rings (SSSR count). The fraction of sp³-hybridized carbons (Fsp3) is 0.588. The maximum absolute atomic E-state index is 12.5. The molecule has 0 saturated carbocycles. The van der Waals surface area contributed by atoms with Gasteiger partial charge in [-0.05, 0) is 51.4 Å². The SMILES string of the molecule is CCC(C(=O)Nc1c(C)cc(C)cc1C)N(CC)CC. The summed E-state index contributed by atoms with van der Waals surface area (Å²) in [6.45, 7) is 14.2. The highest BCUT2D eigenvalue weighted by molar-refractivity contribution is 5.96. The molecule has 1 aromatic rings. The highest BCUT2D eigenvalue weighted by Crippen LogP contribution is 2.22. The first-order valence-corrected chi connectivity index (χ1v) is 7.57. The Balaban J connectivity index is 2.94. The molecule has 0 aliphatic carbocycles. The Hall–Kier alpha value is -1.35. The maximum atomic E-state index is 12.5. The van der Waals surface area contributed by atoms with Gasteiger partial charge in [-0.2, -0.15) is 0 Å². The number of amides is 1. The van der Waals surface area contributed by atoms with E-state index in [1.807, 2.05) is 13.8 Å². The molecule has 0 spiro atoms. The number of hydrogen-bond acceptors (Lipinski definition) is 2. The Labute approximate surface area is 123 Å². The van der Waals surface area contributed by atoms with E-state index < -0.39 is 0 Å². The Morgan fingerprint density at radius 2 is 1.60 bits per heavy atom. The molecule has 1 aromatic carbocycles. The first-order valence-electron chi connectivity index (χ1n) is 7.57. The Kier molecular flexibility index (Phi) is 6.21. The monoisotopic (exact) mass is 276 g/mol. The minimum absolute atomic E-state index is 0.0508. The van der Waals surface area contributed by atoms with Crippen molar-refractivity contribution >= 4 is 11.6 Å². The fourth-order valence-electron chi connectivity index (χ4n) is 2.86. The summed E-state index contributed by atoms with van der Waals surface area (Å²) >= 11 is 0. The minimum atomic E-state index is -0.0508. The average Bonchev–Trinajstić information content (AvgIpc) is 2.39. The van der Waals surface area contributed by atoms with Crippen LogP contribution in [0.3, 0.4) is 0 Å². The molecular weight excluding hydrogens is 248 g/mol. The Morgan fingerprint density at radius 3 is 2.00 bits per heavy atom. The van der Waals surface area contributed by atoms with Crippen molar-refractivity contribution in [2.24, 2.45) is 0 Å². The lowest BCUT2D eigenvalue weighted by atomic mass is 10.0. The van der Waals surface area contributed by atoms with Crippen LogP contribution in [-0.2, 0) is 4.79 Å². The van der Waals surface area contributed by atoms with E-state index in [4.69, 9.17) is 0 Å². The van der Waals surface area contributed by atoms with E-state index in [0.29, 0.717) is 0 Å². The van der Waals surface area contributed by atoms with Gasteiger partial charge >= 0.3 is 0 Å². The molecule has 0 radical (unpaired) electrons. The zero-order valence-corrected chi connectivity index (χ0v) is 13.7. The third-order valence-corrected chi connectivity index (χ3v) is 3.87. The van der Waals surface area contributed by atoms with Crippen molar-refractivity contribution in [2.45, 2.75) is 54.0 Å². The zero-order chi connectivity index (χ0) is 15.3. The highest BCUT2D eigenvalue weighted by Gasteiger charge is 2.22. The number of carbonyl (C=O) groups excluding carboxylic acids is 1. The van der Waals surface area contributed by atoms with Gasteiger partial charge in [-0.15, -0.1) is 0 Å². The predicted molar refractivity (Wildman–Crippen MR) is 86.3 cm³/mol. The molecular formula is C17H28N2O. The van der Waals surface area contributed by atoms with Crippen LogP contribution in [0.2, 0.25) is 0 Å². The van der Waals surface area contributed by atoms with Crippen LogP contribution in [0.1, 0.15) is 43.9 Å². The van der Waals surface area contributed by atoms with E-state index in [-0.39, 0.29) is 11.9 Å². The lowest BCUT2D eigenvalue weighted by molar-refractivity contribution is -0.121. The molecule has 1 amide bonds. The third kappa shape index (κ3) is 3.83. The van der Waals surface area contributed by atoms with E-state index in [1.165, 1.54) is 5.56 Å². The van der Waals surface area contributed by atoms with Crippen LogP contribution in [0.15, 0.2) is 12.1 Å². The van der Waals surface area contributed by atoms with Crippen molar-refractivity contribution in [3.63, 3.8) is 0 Å². The summed E-state index contributed by atoms with van der Waals surface area (Å²) in [5.74, 6) is 0.103. The predicted octanol–water partition coefficient (Wildman–Crippen LogP) is 3.67. The van der Waals surface area contributed by atoms with Gasteiger partial charge in [-0.1, -0.05) is 38.5 Å². The molecule has 112 valence electrons. The van der Waals surface area contributed by atoms with E-state index in [0.717, 1.165) is 36.3 Å². The number of rotatable bonds is 6. The number of benzene rings is 1. The van der Waals surface area contributed by atoms with Gasteiger partial charge in [-0.3, -0.25) is 9.69 Å². The third-order valence-electron chi connectivity index (χ3n) is 3.87. The summed E-state index contributed by atoms with van der Waals surface area (Å²) in [5.41, 5.74) is 4.45. The molecule has 0 fully saturated rings. The number of hydrogen-bond donors (Lipinski definition) is 1. The summed E-state index contributed by atoms with van der Waals surface area (Å²) in [7, 11) is 0. The lowest BCUT2D eigenvalue weighted by Crippen LogP contribution is -2.43. The zero-order valence-electron chi connectivity index (χ0n) is 13.7. The summed E-state index contributed by atoms with van der Waals surface area (Å²) in [5, 5.41) is 3.13. The molecule has 0 bridgehead atoms. The molecule has 0 heterocycles. The molecule has 1 atom stereocenters. The average molecular weight is 276 g/mol. The lowest BCUT2D eigenvalue weighted by Gasteiger charge is -2.28. The number of likely N-dealkylation sites (N-methyl/N-ethyl adjacent to an activating group) is 1. The topological polar surface area (TPSA) is 32.3 Å². The fourth-order valence-corrected chi connectivity index (χ4v) is 2.86. The summed E-state index contributed by atoms with van der Waals surface area (Å²) in [4.78, 5) is 14.7. The number of aryl methyl sites for hydroxylation is 3. The van der Waals surface area contributed by atoms with Crippen LogP contribution in [0.5, 0.6) is 0 Å². The second kappa shape index (κ2) is 7.44.